The molecule has 2 aromatic carbocycles. The summed E-state index contributed by atoms with van der Waals surface area (Å²) in [5, 5.41) is 3.50. The van der Waals surface area contributed by atoms with Crippen LogP contribution in [0.3, 0.4) is 0 Å². The first-order chi connectivity index (χ1) is 11.7. The van der Waals surface area contributed by atoms with Crippen LogP contribution in [0.15, 0.2) is 42.5 Å². The van der Waals surface area contributed by atoms with Crippen LogP contribution >= 0.6 is 11.6 Å². The maximum atomic E-state index is 12.6. The maximum absolute atomic E-state index is 12.6. The summed E-state index contributed by atoms with van der Waals surface area (Å²) in [5.41, 5.74) is 2.99. The van der Waals surface area contributed by atoms with Crippen LogP contribution in [0, 0.1) is 6.92 Å². The Balaban J connectivity index is 2.08. The lowest BCUT2D eigenvalue weighted by molar-refractivity contribution is -0.122. The Labute approximate surface area is 155 Å². The number of aryl methyl sites for hydroxylation is 1. The zero-order chi connectivity index (χ0) is 18.6. The number of ether oxygens (including phenoxy) is 1. The number of rotatable bonds is 5. The molecule has 0 aromatic heterocycles. The highest BCUT2D eigenvalue weighted by Gasteiger charge is 2.20. The van der Waals surface area contributed by atoms with Crippen molar-refractivity contribution < 1.29 is 9.53 Å². The molecule has 2 rings (SSSR count). The van der Waals surface area contributed by atoms with E-state index in [2.05, 4.69) is 26.1 Å². The average molecular weight is 360 g/mol. The molecule has 2 aromatic rings. The molecule has 0 radical (unpaired) electrons. The molecule has 0 heterocycles. The fourth-order valence-electron chi connectivity index (χ4n) is 2.46. The summed E-state index contributed by atoms with van der Waals surface area (Å²) in [7, 11) is 0. The van der Waals surface area contributed by atoms with Gasteiger partial charge in [-0.15, -0.1) is 0 Å². The first kappa shape index (κ1) is 19.3. The van der Waals surface area contributed by atoms with Crippen LogP contribution in [-0.4, -0.2) is 12.0 Å². The van der Waals surface area contributed by atoms with Gasteiger partial charge in [-0.3, -0.25) is 4.79 Å². The first-order valence-corrected chi connectivity index (χ1v) is 8.92. The van der Waals surface area contributed by atoms with Gasteiger partial charge in [0.15, 0.2) is 6.10 Å². The lowest BCUT2D eigenvalue weighted by atomic mass is 9.87. The van der Waals surface area contributed by atoms with Gasteiger partial charge >= 0.3 is 0 Å². The van der Waals surface area contributed by atoms with Crippen molar-refractivity contribution in [2.45, 2.75) is 52.6 Å². The van der Waals surface area contributed by atoms with E-state index in [0.717, 1.165) is 5.56 Å². The molecule has 0 aliphatic carbocycles. The van der Waals surface area contributed by atoms with E-state index in [1.807, 2.05) is 44.2 Å². The predicted molar refractivity (Wildman–Crippen MR) is 105 cm³/mol. The van der Waals surface area contributed by atoms with Crippen molar-refractivity contribution in [2.24, 2.45) is 0 Å². The van der Waals surface area contributed by atoms with Crippen molar-refractivity contribution in [1.29, 1.82) is 0 Å². The van der Waals surface area contributed by atoms with Crippen molar-refractivity contribution >= 4 is 23.2 Å². The molecular weight excluding hydrogens is 334 g/mol. The van der Waals surface area contributed by atoms with Crippen LogP contribution in [-0.2, 0) is 10.2 Å². The summed E-state index contributed by atoms with van der Waals surface area (Å²) in [4.78, 5) is 12.6. The zero-order valence-corrected chi connectivity index (χ0v) is 16.3. The molecule has 1 amide bonds. The normalized spacial score (nSPS) is 12.6. The van der Waals surface area contributed by atoms with Crippen LogP contribution < -0.4 is 10.1 Å². The Hall–Kier alpha value is -2.00. The number of halogens is 1. The second kappa shape index (κ2) is 7.92. The highest BCUT2D eigenvalue weighted by atomic mass is 35.5. The molecule has 4 heteroatoms. The molecule has 0 aliphatic heterocycles. The quantitative estimate of drug-likeness (QED) is 0.738. The fraction of sp³-hybridized carbons (Fsp3) is 0.381. The molecule has 134 valence electrons. The van der Waals surface area contributed by atoms with E-state index in [9.17, 15) is 4.79 Å². The zero-order valence-electron chi connectivity index (χ0n) is 15.5. The number of carbonyl (C=O) groups excluding carboxylic acids is 1. The predicted octanol–water partition coefficient (Wildman–Crippen LogP) is 5.74. The standard InChI is InChI=1S/C21H26ClNO2/c1-6-19(20(24)23-18-13-16(22)10-7-14(18)2)25-17-11-8-15(9-12-17)21(3,4)5/h7-13,19H,6H2,1-5H3,(H,23,24)/t19-/m0/s1. The molecule has 3 nitrogen and oxygen atoms in total. The number of carbonyl (C=O) groups is 1. The summed E-state index contributed by atoms with van der Waals surface area (Å²) in [6, 6.07) is 13.4. The van der Waals surface area contributed by atoms with E-state index < -0.39 is 6.10 Å². The molecule has 1 N–H and O–H groups in total. The summed E-state index contributed by atoms with van der Waals surface area (Å²) in [6.07, 6.45) is 0.0193. The van der Waals surface area contributed by atoms with Crippen LogP contribution in [0.4, 0.5) is 5.69 Å². The van der Waals surface area contributed by atoms with Crippen molar-refractivity contribution in [3.8, 4) is 5.75 Å². The number of hydrogen-bond donors (Lipinski definition) is 1. The van der Waals surface area contributed by atoms with Gasteiger partial charge in [0.05, 0.1) is 0 Å². The molecule has 0 saturated carbocycles. The number of hydrogen-bond acceptors (Lipinski definition) is 2. The Bertz CT molecular complexity index is 733. The SMILES string of the molecule is CC[C@H](Oc1ccc(C(C)(C)C)cc1)C(=O)Nc1cc(Cl)ccc1C. The summed E-state index contributed by atoms with van der Waals surface area (Å²) >= 11 is 6.01. The molecule has 1 atom stereocenters. The Morgan fingerprint density at radius 3 is 2.36 bits per heavy atom. The fourth-order valence-corrected chi connectivity index (χ4v) is 2.63. The van der Waals surface area contributed by atoms with E-state index in [1.165, 1.54) is 5.56 Å². The minimum absolute atomic E-state index is 0.0875. The molecule has 0 aliphatic rings. The van der Waals surface area contributed by atoms with Crippen LogP contribution in [0.2, 0.25) is 5.02 Å². The second-order valence-corrected chi connectivity index (χ2v) is 7.67. The minimum atomic E-state index is -0.557. The smallest absolute Gasteiger partial charge is 0.265 e. The van der Waals surface area contributed by atoms with Crippen molar-refractivity contribution in [3.63, 3.8) is 0 Å². The lowest BCUT2D eigenvalue weighted by Gasteiger charge is -2.21. The van der Waals surface area contributed by atoms with Gasteiger partial charge in [-0.05, 0) is 54.2 Å². The van der Waals surface area contributed by atoms with Gasteiger partial charge in [0, 0.05) is 10.7 Å². The third-order valence-electron chi connectivity index (χ3n) is 4.12. The Kier molecular flexibility index (Phi) is 6.12. The number of benzene rings is 2. The molecule has 0 bridgehead atoms. The van der Waals surface area contributed by atoms with E-state index in [0.29, 0.717) is 22.9 Å². The van der Waals surface area contributed by atoms with Gasteiger partial charge in [0.2, 0.25) is 0 Å². The summed E-state index contributed by atoms with van der Waals surface area (Å²) < 4.78 is 5.89. The Morgan fingerprint density at radius 1 is 1.16 bits per heavy atom. The van der Waals surface area contributed by atoms with Crippen LogP contribution in [0.25, 0.3) is 0 Å². The third kappa shape index (κ3) is 5.23. The lowest BCUT2D eigenvalue weighted by Crippen LogP contribution is -2.32. The minimum Gasteiger partial charge on any atom is -0.481 e. The van der Waals surface area contributed by atoms with Gasteiger partial charge in [-0.1, -0.05) is 57.5 Å². The van der Waals surface area contributed by atoms with E-state index in [-0.39, 0.29) is 11.3 Å². The second-order valence-electron chi connectivity index (χ2n) is 7.24. The maximum Gasteiger partial charge on any atom is 0.265 e. The molecule has 0 saturated heterocycles. The van der Waals surface area contributed by atoms with Gasteiger partial charge in [0.1, 0.15) is 5.75 Å². The Morgan fingerprint density at radius 2 is 1.80 bits per heavy atom. The van der Waals surface area contributed by atoms with Gasteiger partial charge in [-0.25, -0.2) is 0 Å². The summed E-state index contributed by atoms with van der Waals surface area (Å²) in [6.45, 7) is 10.4. The first-order valence-electron chi connectivity index (χ1n) is 8.55. The molecule has 0 fully saturated rings. The summed E-state index contributed by atoms with van der Waals surface area (Å²) in [5.74, 6) is 0.519. The molecule has 25 heavy (non-hydrogen) atoms. The van der Waals surface area contributed by atoms with Gasteiger partial charge < -0.3 is 10.1 Å². The number of nitrogens with one attached hydrogen (secondary N) is 1. The molecule has 0 unspecified atom stereocenters. The van der Waals surface area contributed by atoms with Crippen molar-refractivity contribution in [2.75, 3.05) is 5.32 Å². The average Bonchev–Trinajstić information content (AvgIpc) is 2.55. The van der Waals surface area contributed by atoms with Crippen LogP contribution in [0.5, 0.6) is 5.75 Å². The topological polar surface area (TPSA) is 38.3 Å². The highest BCUT2D eigenvalue weighted by Crippen LogP contribution is 2.25. The molecular formula is C21H26ClNO2. The van der Waals surface area contributed by atoms with Crippen molar-refractivity contribution in [3.05, 3.63) is 58.6 Å². The van der Waals surface area contributed by atoms with E-state index in [1.54, 1.807) is 12.1 Å². The van der Waals surface area contributed by atoms with Gasteiger partial charge in [0.25, 0.3) is 5.91 Å². The van der Waals surface area contributed by atoms with Crippen LogP contribution in [0.1, 0.15) is 45.2 Å². The van der Waals surface area contributed by atoms with E-state index in [4.69, 9.17) is 16.3 Å². The largest absolute Gasteiger partial charge is 0.481 e. The highest BCUT2D eigenvalue weighted by molar-refractivity contribution is 6.31. The van der Waals surface area contributed by atoms with Gasteiger partial charge in [-0.2, -0.15) is 0 Å². The number of anilines is 1. The van der Waals surface area contributed by atoms with Crippen molar-refractivity contribution in [1.82, 2.24) is 0 Å². The third-order valence-corrected chi connectivity index (χ3v) is 4.35. The number of amides is 1. The molecule has 0 spiro atoms. The van der Waals surface area contributed by atoms with E-state index >= 15 is 0 Å². The monoisotopic (exact) mass is 359 g/mol.